The number of hydrogen-bond donors (Lipinski definition) is 0. The molecule has 3 atom stereocenters. The van der Waals surface area contributed by atoms with Crippen LogP contribution in [0.5, 0.6) is 0 Å². The first-order valence-electron chi connectivity index (χ1n) is 11.8. The van der Waals surface area contributed by atoms with E-state index in [2.05, 4.69) is 43.3 Å². The van der Waals surface area contributed by atoms with Crippen LogP contribution in [0.4, 0.5) is 0 Å². The summed E-state index contributed by atoms with van der Waals surface area (Å²) >= 11 is 0. The van der Waals surface area contributed by atoms with E-state index in [9.17, 15) is 8.42 Å². The summed E-state index contributed by atoms with van der Waals surface area (Å²) < 4.78 is 39.5. The van der Waals surface area contributed by atoms with Gasteiger partial charge in [-0.1, -0.05) is 49.3 Å². The molecule has 3 aromatic rings. The van der Waals surface area contributed by atoms with E-state index in [1.165, 1.54) is 15.4 Å². The third kappa shape index (κ3) is 4.19. The van der Waals surface area contributed by atoms with E-state index in [-0.39, 0.29) is 28.4 Å². The van der Waals surface area contributed by atoms with E-state index < -0.39 is 10.0 Å². The van der Waals surface area contributed by atoms with Crippen LogP contribution in [0, 0.1) is 0 Å². The van der Waals surface area contributed by atoms with Gasteiger partial charge in [-0.25, -0.2) is 8.42 Å². The summed E-state index contributed by atoms with van der Waals surface area (Å²) in [4.78, 5) is 4.92. The Balaban J connectivity index is 1.44. The maximum absolute atomic E-state index is 13.3. The third-order valence-corrected chi connectivity index (χ3v) is 8.81. The molecule has 1 aromatic heterocycles. The van der Waals surface area contributed by atoms with Crippen LogP contribution in [0.25, 0.3) is 11.5 Å². The SMILES string of the molecule is CC1CN(S(=O)(=O)c2cccc(-c3nc(C4CCC(C)(C)c5ccccc54)no3)c2)CC(C)O1. The minimum Gasteiger partial charge on any atom is -0.373 e. The van der Waals surface area contributed by atoms with E-state index in [0.717, 1.165) is 12.8 Å². The van der Waals surface area contributed by atoms with Crippen LogP contribution in [-0.4, -0.2) is 48.2 Å². The van der Waals surface area contributed by atoms with Crippen molar-refractivity contribution in [2.45, 2.75) is 69.0 Å². The lowest BCUT2D eigenvalue weighted by molar-refractivity contribution is -0.0440. The van der Waals surface area contributed by atoms with Gasteiger partial charge in [0.15, 0.2) is 5.82 Å². The number of fused-ring (bicyclic) bond motifs is 1. The molecule has 0 spiro atoms. The molecule has 1 saturated heterocycles. The molecule has 0 amide bonds. The van der Waals surface area contributed by atoms with Gasteiger partial charge in [0.1, 0.15) is 0 Å². The van der Waals surface area contributed by atoms with E-state index in [4.69, 9.17) is 14.2 Å². The summed E-state index contributed by atoms with van der Waals surface area (Å²) in [5.41, 5.74) is 3.26. The van der Waals surface area contributed by atoms with Crippen molar-refractivity contribution in [1.29, 1.82) is 0 Å². The summed E-state index contributed by atoms with van der Waals surface area (Å²) in [5, 5.41) is 4.30. The predicted octanol–water partition coefficient (Wildman–Crippen LogP) is 4.74. The standard InChI is InChI=1S/C26H31N3O4S/c1-17-15-29(16-18(2)32-17)34(30,31)20-9-7-8-19(14-20)25-27-24(28-33-25)22-12-13-26(3,4)23-11-6-5-10-21(22)23/h5-11,14,17-18,22H,12-13,15-16H2,1-4H3. The van der Waals surface area contributed by atoms with Gasteiger partial charge in [0.25, 0.3) is 5.89 Å². The Morgan fingerprint density at radius 1 is 1.03 bits per heavy atom. The van der Waals surface area contributed by atoms with Gasteiger partial charge in [0.2, 0.25) is 10.0 Å². The Kier molecular flexibility index (Phi) is 5.86. The van der Waals surface area contributed by atoms with Gasteiger partial charge in [0.05, 0.1) is 17.1 Å². The van der Waals surface area contributed by atoms with Crippen LogP contribution < -0.4 is 0 Å². The third-order valence-electron chi connectivity index (χ3n) is 6.98. The van der Waals surface area contributed by atoms with Gasteiger partial charge in [-0.2, -0.15) is 9.29 Å². The highest BCUT2D eigenvalue weighted by molar-refractivity contribution is 7.89. The zero-order valence-corrected chi connectivity index (χ0v) is 20.9. The average Bonchev–Trinajstić information content (AvgIpc) is 3.29. The molecule has 0 N–H and O–H groups in total. The van der Waals surface area contributed by atoms with Crippen LogP contribution in [0.2, 0.25) is 0 Å². The van der Waals surface area contributed by atoms with Gasteiger partial charge in [-0.3, -0.25) is 0 Å². The van der Waals surface area contributed by atoms with Crippen molar-refractivity contribution in [3.8, 4) is 11.5 Å². The Morgan fingerprint density at radius 2 is 1.76 bits per heavy atom. The molecule has 34 heavy (non-hydrogen) atoms. The second kappa shape index (κ2) is 8.59. The van der Waals surface area contributed by atoms with E-state index in [1.54, 1.807) is 24.3 Å². The molecule has 5 rings (SSSR count). The van der Waals surface area contributed by atoms with Crippen molar-refractivity contribution >= 4 is 10.0 Å². The molecule has 0 bridgehead atoms. The fraction of sp³-hybridized carbons (Fsp3) is 0.462. The lowest BCUT2D eigenvalue weighted by atomic mass is 9.68. The maximum Gasteiger partial charge on any atom is 0.257 e. The molecule has 0 saturated carbocycles. The number of benzene rings is 2. The number of rotatable bonds is 4. The van der Waals surface area contributed by atoms with Crippen molar-refractivity contribution < 1.29 is 17.7 Å². The van der Waals surface area contributed by atoms with Crippen LogP contribution in [0.15, 0.2) is 57.9 Å². The molecule has 1 aliphatic heterocycles. The van der Waals surface area contributed by atoms with Crippen molar-refractivity contribution in [2.75, 3.05) is 13.1 Å². The Labute approximate surface area is 201 Å². The first-order chi connectivity index (χ1) is 16.1. The van der Waals surface area contributed by atoms with Crippen LogP contribution in [0.1, 0.15) is 63.4 Å². The monoisotopic (exact) mass is 481 g/mol. The quantitative estimate of drug-likeness (QED) is 0.535. The van der Waals surface area contributed by atoms with E-state index in [1.807, 2.05) is 13.8 Å². The molecule has 0 radical (unpaired) electrons. The number of aromatic nitrogens is 2. The number of hydrogen-bond acceptors (Lipinski definition) is 6. The molecule has 8 heteroatoms. The number of nitrogens with zero attached hydrogens (tertiary/aromatic N) is 3. The van der Waals surface area contributed by atoms with Crippen LogP contribution in [0.3, 0.4) is 0 Å². The van der Waals surface area contributed by atoms with Crippen LogP contribution in [-0.2, 0) is 20.2 Å². The van der Waals surface area contributed by atoms with Crippen molar-refractivity contribution in [3.05, 3.63) is 65.5 Å². The molecule has 180 valence electrons. The zero-order chi connectivity index (χ0) is 24.1. The van der Waals surface area contributed by atoms with Crippen LogP contribution >= 0.6 is 0 Å². The molecule has 7 nitrogen and oxygen atoms in total. The molecule has 1 fully saturated rings. The smallest absolute Gasteiger partial charge is 0.257 e. The van der Waals surface area contributed by atoms with Crippen molar-refractivity contribution in [3.63, 3.8) is 0 Å². The van der Waals surface area contributed by atoms with Crippen molar-refractivity contribution in [1.82, 2.24) is 14.4 Å². The van der Waals surface area contributed by atoms with Gasteiger partial charge in [-0.05, 0) is 61.4 Å². The first-order valence-corrected chi connectivity index (χ1v) is 13.3. The summed E-state index contributed by atoms with van der Waals surface area (Å²) in [6, 6.07) is 15.2. The minimum absolute atomic E-state index is 0.0602. The van der Waals surface area contributed by atoms with Gasteiger partial charge in [0, 0.05) is 24.6 Å². The molecule has 2 aliphatic rings. The molecule has 2 heterocycles. The highest BCUT2D eigenvalue weighted by Gasteiger charge is 2.36. The second-order valence-corrected chi connectivity index (χ2v) is 12.1. The van der Waals surface area contributed by atoms with E-state index >= 15 is 0 Å². The zero-order valence-electron chi connectivity index (χ0n) is 20.1. The Hall–Kier alpha value is -2.55. The largest absolute Gasteiger partial charge is 0.373 e. The summed E-state index contributed by atoms with van der Waals surface area (Å²) in [6.45, 7) is 8.98. The highest BCUT2D eigenvalue weighted by atomic mass is 32.2. The summed E-state index contributed by atoms with van der Waals surface area (Å²) in [7, 11) is -3.66. The summed E-state index contributed by atoms with van der Waals surface area (Å²) in [5.74, 6) is 1.03. The van der Waals surface area contributed by atoms with E-state index in [0.29, 0.717) is 30.4 Å². The fourth-order valence-electron chi connectivity index (χ4n) is 5.24. The Bertz CT molecular complexity index is 1290. The van der Waals surface area contributed by atoms with Gasteiger partial charge >= 0.3 is 0 Å². The fourth-order valence-corrected chi connectivity index (χ4v) is 6.88. The summed E-state index contributed by atoms with van der Waals surface area (Å²) in [6.07, 6.45) is 1.67. The second-order valence-electron chi connectivity index (χ2n) is 10.1. The molecule has 1 aliphatic carbocycles. The number of ether oxygens (including phenoxy) is 1. The number of morpholine rings is 1. The van der Waals surface area contributed by atoms with Gasteiger partial charge < -0.3 is 9.26 Å². The lowest BCUT2D eigenvalue weighted by Crippen LogP contribution is -2.48. The predicted molar refractivity (Wildman–Crippen MR) is 129 cm³/mol. The molecular formula is C26H31N3O4S. The average molecular weight is 482 g/mol. The molecule has 3 unspecified atom stereocenters. The topological polar surface area (TPSA) is 85.5 Å². The lowest BCUT2D eigenvalue weighted by Gasteiger charge is -2.35. The van der Waals surface area contributed by atoms with Crippen molar-refractivity contribution in [2.24, 2.45) is 0 Å². The Morgan fingerprint density at radius 3 is 2.53 bits per heavy atom. The maximum atomic E-state index is 13.3. The first kappa shape index (κ1) is 23.2. The highest BCUT2D eigenvalue weighted by Crippen LogP contribution is 2.44. The normalized spacial score (nSPS) is 25.1. The minimum atomic E-state index is -3.66. The molecular weight excluding hydrogens is 450 g/mol. The van der Waals surface area contributed by atoms with Gasteiger partial charge in [-0.15, -0.1) is 0 Å². The number of sulfonamides is 1. The molecule has 2 aromatic carbocycles.